The van der Waals surface area contributed by atoms with Gasteiger partial charge in [0.1, 0.15) is 0 Å². The lowest BCUT2D eigenvalue weighted by Gasteiger charge is -2.32. The van der Waals surface area contributed by atoms with Crippen LogP contribution in [0.1, 0.15) is 31.4 Å². The van der Waals surface area contributed by atoms with Crippen LogP contribution in [0.25, 0.3) is 0 Å². The molecule has 1 aromatic rings. The molecule has 1 aliphatic heterocycles. The second kappa shape index (κ2) is 7.06. The van der Waals surface area contributed by atoms with Gasteiger partial charge >= 0.3 is 12.0 Å². The molecular weight excluding hydrogens is 270 g/mol. The fraction of sp³-hybridized carbons (Fsp3) is 0.533. The third kappa shape index (κ3) is 4.44. The number of hydrogen-bond donors (Lipinski definition) is 2. The van der Waals surface area contributed by atoms with Crippen molar-refractivity contribution in [3.63, 3.8) is 0 Å². The second-order valence-corrected chi connectivity index (χ2v) is 5.45. The minimum Gasteiger partial charge on any atom is -0.481 e. The maximum Gasteiger partial charge on any atom is 0.321 e. The molecule has 0 aliphatic carbocycles. The lowest BCUT2D eigenvalue weighted by Crippen LogP contribution is -2.42. The normalized spacial score (nSPS) is 18.3. The molecule has 1 aliphatic rings. The van der Waals surface area contributed by atoms with Crippen molar-refractivity contribution in [3.05, 3.63) is 24.0 Å². The summed E-state index contributed by atoms with van der Waals surface area (Å²) in [7, 11) is 0. The predicted octanol–water partition coefficient (Wildman–Crippen LogP) is 2.50. The van der Waals surface area contributed by atoms with Gasteiger partial charge in [0.15, 0.2) is 0 Å². The standard InChI is InChI=1S/C15H21N3O3/c1-11-13(5-2-8-16-11)17-15(21)18-9-3-4-12(10-18)6-7-14(19)20/h2,5,8,12H,3-4,6-7,9-10H2,1H3,(H,17,21)(H,19,20). The van der Waals surface area contributed by atoms with Gasteiger partial charge in [-0.3, -0.25) is 9.78 Å². The molecular formula is C15H21N3O3. The van der Waals surface area contributed by atoms with Crippen molar-refractivity contribution in [2.45, 2.75) is 32.6 Å². The van der Waals surface area contributed by atoms with Gasteiger partial charge in [0.05, 0.1) is 11.4 Å². The number of urea groups is 1. The summed E-state index contributed by atoms with van der Waals surface area (Å²) in [5, 5.41) is 11.6. The highest BCUT2D eigenvalue weighted by Gasteiger charge is 2.24. The molecule has 6 nitrogen and oxygen atoms in total. The van der Waals surface area contributed by atoms with Gasteiger partial charge < -0.3 is 15.3 Å². The number of carbonyl (C=O) groups excluding carboxylic acids is 1. The van der Waals surface area contributed by atoms with Gasteiger partial charge in [-0.05, 0) is 44.2 Å². The highest BCUT2D eigenvalue weighted by Crippen LogP contribution is 2.22. The molecule has 1 saturated heterocycles. The van der Waals surface area contributed by atoms with E-state index in [-0.39, 0.29) is 18.4 Å². The van der Waals surface area contributed by atoms with Gasteiger partial charge in [-0.1, -0.05) is 0 Å². The fourth-order valence-corrected chi connectivity index (χ4v) is 2.62. The molecule has 1 unspecified atom stereocenters. The number of aryl methyl sites for hydroxylation is 1. The lowest BCUT2D eigenvalue weighted by atomic mass is 9.93. The van der Waals surface area contributed by atoms with E-state index in [0.29, 0.717) is 19.5 Å². The molecule has 2 rings (SSSR count). The average Bonchev–Trinajstić information content (AvgIpc) is 2.48. The third-order valence-electron chi connectivity index (χ3n) is 3.82. The summed E-state index contributed by atoms with van der Waals surface area (Å²) in [5.41, 5.74) is 1.50. The van der Waals surface area contributed by atoms with E-state index >= 15 is 0 Å². The Balaban J connectivity index is 1.90. The maximum atomic E-state index is 12.3. The molecule has 6 heteroatoms. The summed E-state index contributed by atoms with van der Waals surface area (Å²) in [6, 6.07) is 3.48. The Morgan fingerprint density at radius 2 is 2.33 bits per heavy atom. The number of rotatable bonds is 4. The predicted molar refractivity (Wildman–Crippen MR) is 79.2 cm³/mol. The van der Waals surface area contributed by atoms with Crippen LogP contribution in [-0.2, 0) is 4.79 Å². The molecule has 0 spiro atoms. The van der Waals surface area contributed by atoms with E-state index in [2.05, 4.69) is 10.3 Å². The van der Waals surface area contributed by atoms with Crippen LogP contribution in [0.4, 0.5) is 10.5 Å². The van der Waals surface area contributed by atoms with Crippen LogP contribution in [0.15, 0.2) is 18.3 Å². The van der Waals surface area contributed by atoms with Crippen LogP contribution < -0.4 is 5.32 Å². The van der Waals surface area contributed by atoms with Gasteiger partial charge in [-0.15, -0.1) is 0 Å². The highest BCUT2D eigenvalue weighted by molar-refractivity contribution is 5.89. The molecule has 0 aromatic carbocycles. The smallest absolute Gasteiger partial charge is 0.321 e. The van der Waals surface area contributed by atoms with Crippen molar-refractivity contribution in [2.75, 3.05) is 18.4 Å². The Bertz CT molecular complexity index is 519. The van der Waals surface area contributed by atoms with Crippen molar-refractivity contribution >= 4 is 17.7 Å². The summed E-state index contributed by atoms with van der Waals surface area (Å²) in [5.74, 6) is -0.502. The minimum atomic E-state index is -0.775. The van der Waals surface area contributed by atoms with E-state index < -0.39 is 5.97 Å². The molecule has 1 atom stereocenters. The van der Waals surface area contributed by atoms with E-state index in [4.69, 9.17) is 5.11 Å². The summed E-state index contributed by atoms with van der Waals surface area (Å²) in [6.07, 6.45) is 4.40. The monoisotopic (exact) mass is 291 g/mol. The maximum absolute atomic E-state index is 12.3. The van der Waals surface area contributed by atoms with Crippen LogP contribution in [-0.4, -0.2) is 40.1 Å². The van der Waals surface area contributed by atoms with Crippen LogP contribution in [0.3, 0.4) is 0 Å². The van der Waals surface area contributed by atoms with Crippen LogP contribution in [0.5, 0.6) is 0 Å². The molecule has 21 heavy (non-hydrogen) atoms. The Hall–Kier alpha value is -2.11. The zero-order valence-electron chi connectivity index (χ0n) is 12.2. The number of hydrogen-bond acceptors (Lipinski definition) is 3. The molecule has 2 N–H and O–H groups in total. The Kier molecular flexibility index (Phi) is 5.14. The van der Waals surface area contributed by atoms with Gasteiger partial charge in [-0.2, -0.15) is 0 Å². The highest BCUT2D eigenvalue weighted by atomic mass is 16.4. The van der Waals surface area contributed by atoms with Crippen molar-refractivity contribution < 1.29 is 14.7 Å². The molecule has 1 fully saturated rings. The number of pyridine rings is 1. The number of carbonyl (C=O) groups is 2. The fourth-order valence-electron chi connectivity index (χ4n) is 2.62. The Morgan fingerprint density at radius 3 is 3.05 bits per heavy atom. The molecule has 2 amide bonds. The number of piperidine rings is 1. The molecule has 114 valence electrons. The topological polar surface area (TPSA) is 82.5 Å². The number of anilines is 1. The van der Waals surface area contributed by atoms with Crippen molar-refractivity contribution in [1.29, 1.82) is 0 Å². The lowest BCUT2D eigenvalue weighted by molar-refractivity contribution is -0.137. The molecule has 0 bridgehead atoms. The number of aromatic nitrogens is 1. The number of nitrogens with one attached hydrogen (secondary N) is 1. The zero-order valence-corrected chi connectivity index (χ0v) is 12.2. The number of amides is 2. The van der Waals surface area contributed by atoms with Gasteiger partial charge in [0.2, 0.25) is 0 Å². The van der Waals surface area contributed by atoms with Crippen LogP contribution >= 0.6 is 0 Å². The van der Waals surface area contributed by atoms with E-state index in [9.17, 15) is 9.59 Å². The van der Waals surface area contributed by atoms with E-state index in [1.807, 2.05) is 13.0 Å². The molecule has 0 saturated carbocycles. The van der Waals surface area contributed by atoms with E-state index in [0.717, 1.165) is 24.2 Å². The van der Waals surface area contributed by atoms with Gasteiger partial charge in [-0.25, -0.2) is 4.79 Å². The minimum absolute atomic E-state index is 0.133. The summed E-state index contributed by atoms with van der Waals surface area (Å²) in [4.78, 5) is 28.8. The zero-order chi connectivity index (χ0) is 15.2. The summed E-state index contributed by atoms with van der Waals surface area (Å²) >= 11 is 0. The third-order valence-corrected chi connectivity index (χ3v) is 3.82. The first-order valence-electron chi connectivity index (χ1n) is 7.25. The van der Waals surface area contributed by atoms with Gasteiger partial charge in [0.25, 0.3) is 0 Å². The van der Waals surface area contributed by atoms with E-state index in [1.54, 1.807) is 17.2 Å². The Labute approximate surface area is 124 Å². The number of nitrogens with zero attached hydrogens (tertiary/aromatic N) is 2. The van der Waals surface area contributed by atoms with Crippen LogP contribution in [0, 0.1) is 12.8 Å². The number of carboxylic acid groups (broad SMARTS) is 1. The molecule has 0 radical (unpaired) electrons. The number of aliphatic carboxylic acids is 1. The first kappa shape index (κ1) is 15.3. The van der Waals surface area contributed by atoms with Crippen molar-refractivity contribution in [2.24, 2.45) is 5.92 Å². The first-order valence-corrected chi connectivity index (χ1v) is 7.25. The Morgan fingerprint density at radius 1 is 1.52 bits per heavy atom. The van der Waals surface area contributed by atoms with Crippen molar-refractivity contribution in [1.82, 2.24) is 9.88 Å². The van der Waals surface area contributed by atoms with Crippen LogP contribution in [0.2, 0.25) is 0 Å². The quantitative estimate of drug-likeness (QED) is 0.893. The summed E-state index contributed by atoms with van der Waals surface area (Å²) < 4.78 is 0. The average molecular weight is 291 g/mol. The number of carboxylic acids is 1. The largest absolute Gasteiger partial charge is 0.481 e. The second-order valence-electron chi connectivity index (χ2n) is 5.45. The van der Waals surface area contributed by atoms with Crippen molar-refractivity contribution in [3.8, 4) is 0 Å². The SMILES string of the molecule is Cc1ncccc1NC(=O)N1CCCC(CCC(=O)O)C1. The number of likely N-dealkylation sites (tertiary alicyclic amines) is 1. The van der Waals surface area contributed by atoms with E-state index in [1.165, 1.54) is 0 Å². The summed E-state index contributed by atoms with van der Waals surface area (Å²) in [6.45, 7) is 3.19. The first-order chi connectivity index (χ1) is 10.1. The van der Waals surface area contributed by atoms with Gasteiger partial charge in [0, 0.05) is 25.7 Å². The molecule has 1 aromatic heterocycles. The molecule has 2 heterocycles.